The highest BCUT2D eigenvalue weighted by Gasteiger charge is 2.18. The van der Waals surface area contributed by atoms with Gasteiger partial charge in [0.25, 0.3) is 0 Å². The molecule has 2 nitrogen and oxygen atoms in total. The molecule has 9 heavy (non-hydrogen) atoms. The van der Waals surface area contributed by atoms with Crippen LogP contribution in [0.2, 0.25) is 0 Å². The quantitative estimate of drug-likeness (QED) is 0.388. The molecule has 0 aromatic rings. The number of hydrogen-bond acceptors (Lipinski definition) is 2. The van der Waals surface area contributed by atoms with Gasteiger partial charge in [-0.05, 0) is 0 Å². The minimum absolute atomic E-state index is 0.0471. The molecule has 0 radical (unpaired) electrons. The van der Waals surface area contributed by atoms with Gasteiger partial charge in [-0.1, -0.05) is 34.8 Å². The molecular formula is C4H7Cl3O2. The first kappa shape index (κ1) is 9.79. The summed E-state index contributed by atoms with van der Waals surface area (Å²) in [5.41, 5.74) is 0. The third-order valence-corrected chi connectivity index (χ3v) is 0.794. The summed E-state index contributed by atoms with van der Waals surface area (Å²) in [6.45, 7) is 0.194. The molecule has 0 aliphatic carbocycles. The third kappa shape index (κ3) is 8.79. The number of alkyl halides is 3. The summed E-state index contributed by atoms with van der Waals surface area (Å²) < 4.78 is 7.93. The van der Waals surface area contributed by atoms with Crippen molar-refractivity contribution in [2.45, 2.75) is 3.79 Å². The Morgan fingerprint density at radius 3 is 2.22 bits per heavy atom. The molecule has 0 fully saturated rings. The monoisotopic (exact) mass is 192 g/mol. The van der Waals surface area contributed by atoms with Crippen LogP contribution >= 0.6 is 34.8 Å². The lowest BCUT2D eigenvalue weighted by molar-refractivity contribution is -0.0284. The lowest BCUT2D eigenvalue weighted by Gasteiger charge is -2.09. The van der Waals surface area contributed by atoms with E-state index < -0.39 is 3.79 Å². The van der Waals surface area contributed by atoms with E-state index in [0.29, 0.717) is 0 Å². The average Bonchev–Trinajstić information content (AvgIpc) is 1.63. The zero-order valence-electron chi connectivity index (χ0n) is 4.86. The van der Waals surface area contributed by atoms with Gasteiger partial charge in [0, 0.05) is 7.11 Å². The lowest BCUT2D eigenvalue weighted by atomic mass is 10.8. The van der Waals surface area contributed by atoms with Crippen molar-refractivity contribution in [1.29, 1.82) is 0 Å². The average molecular weight is 193 g/mol. The molecule has 0 amide bonds. The second-order valence-corrected chi connectivity index (χ2v) is 3.89. The lowest BCUT2D eigenvalue weighted by Crippen LogP contribution is -2.13. The summed E-state index contributed by atoms with van der Waals surface area (Å²) in [7, 11) is 1.50. The van der Waals surface area contributed by atoms with Gasteiger partial charge in [-0.3, -0.25) is 0 Å². The normalized spacial score (nSPS) is 12.0. The van der Waals surface area contributed by atoms with E-state index in [1.54, 1.807) is 0 Å². The molecule has 0 unspecified atom stereocenters. The minimum atomic E-state index is -1.33. The van der Waals surface area contributed by atoms with Crippen molar-refractivity contribution in [3.05, 3.63) is 0 Å². The Labute approximate surface area is 69.0 Å². The van der Waals surface area contributed by atoms with Crippen molar-refractivity contribution in [3.8, 4) is 0 Å². The summed E-state index contributed by atoms with van der Waals surface area (Å²) >= 11 is 16.0. The second-order valence-electron chi connectivity index (χ2n) is 1.37. The van der Waals surface area contributed by atoms with Crippen molar-refractivity contribution in [1.82, 2.24) is 0 Å². The number of hydrogen-bond donors (Lipinski definition) is 0. The maximum Gasteiger partial charge on any atom is 0.213 e. The zero-order chi connectivity index (χ0) is 7.33. The van der Waals surface area contributed by atoms with Crippen molar-refractivity contribution in [2.24, 2.45) is 0 Å². The van der Waals surface area contributed by atoms with E-state index in [9.17, 15) is 0 Å². The Bertz CT molecular complexity index is 70.7. The molecule has 0 aromatic carbocycles. The first-order valence-corrected chi connectivity index (χ1v) is 3.33. The molecule has 0 atom stereocenters. The summed E-state index contributed by atoms with van der Waals surface area (Å²) in [6, 6.07) is 0. The number of ether oxygens (including phenoxy) is 2. The van der Waals surface area contributed by atoms with E-state index >= 15 is 0 Å². The molecule has 5 heteroatoms. The Hall–Kier alpha value is 0.790. The van der Waals surface area contributed by atoms with Crippen molar-refractivity contribution in [3.63, 3.8) is 0 Å². The first-order valence-electron chi connectivity index (χ1n) is 2.19. The van der Waals surface area contributed by atoms with Gasteiger partial charge < -0.3 is 9.47 Å². The molecule has 0 spiro atoms. The molecule has 0 aliphatic heterocycles. The number of halogens is 3. The van der Waals surface area contributed by atoms with Gasteiger partial charge in [-0.15, -0.1) is 0 Å². The van der Waals surface area contributed by atoms with Crippen LogP contribution in [0.4, 0.5) is 0 Å². The summed E-state index contributed by atoms with van der Waals surface area (Å²) in [4.78, 5) is 0. The van der Waals surface area contributed by atoms with Crippen LogP contribution in [0.15, 0.2) is 0 Å². The fourth-order valence-corrected chi connectivity index (χ4v) is 0.472. The minimum Gasteiger partial charge on any atom is -0.359 e. The van der Waals surface area contributed by atoms with E-state index in [1.807, 2.05) is 0 Å². The molecular weight excluding hydrogens is 186 g/mol. The highest BCUT2D eigenvalue weighted by atomic mass is 35.6. The fraction of sp³-hybridized carbons (Fsp3) is 1.00. The number of rotatable bonds is 3. The summed E-state index contributed by atoms with van der Waals surface area (Å²) in [5.74, 6) is 0. The van der Waals surface area contributed by atoms with Gasteiger partial charge in [-0.2, -0.15) is 0 Å². The van der Waals surface area contributed by atoms with Gasteiger partial charge in [0.15, 0.2) is 0 Å². The maximum absolute atomic E-state index is 5.32. The maximum atomic E-state index is 5.32. The van der Waals surface area contributed by atoms with Gasteiger partial charge >= 0.3 is 0 Å². The van der Waals surface area contributed by atoms with E-state index in [0.717, 1.165) is 0 Å². The molecule has 0 rings (SSSR count). The largest absolute Gasteiger partial charge is 0.359 e. The van der Waals surface area contributed by atoms with Crippen LogP contribution in [-0.2, 0) is 9.47 Å². The second kappa shape index (κ2) is 4.58. The Balaban J connectivity index is 3.07. The fourth-order valence-electron chi connectivity index (χ4n) is 0.241. The Morgan fingerprint density at radius 1 is 1.33 bits per heavy atom. The predicted molar refractivity (Wildman–Crippen MR) is 38.1 cm³/mol. The topological polar surface area (TPSA) is 18.5 Å². The molecule has 0 aliphatic rings. The first-order chi connectivity index (χ1) is 4.06. The molecule has 0 aromatic heterocycles. The molecule has 0 saturated carbocycles. The van der Waals surface area contributed by atoms with Crippen molar-refractivity contribution >= 4 is 34.8 Å². The van der Waals surface area contributed by atoms with Crippen LogP contribution in [0.1, 0.15) is 0 Å². The highest BCUT2D eigenvalue weighted by Crippen LogP contribution is 2.25. The van der Waals surface area contributed by atoms with Crippen LogP contribution in [0.3, 0.4) is 0 Å². The smallest absolute Gasteiger partial charge is 0.213 e. The van der Waals surface area contributed by atoms with Crippen LogP contribution in [0.25, 0.3) is 0 Å². The van der Waals surface area contributed by atoms with Crippen LogP contribution in [-0.4, -0.2) is 24.3 Å². The number of methoxy groups -OCH3 is 1. The van der Waals surface area contributed by atoms with Crippen molar-refractivity contribution in [2.75, 3.05) is 20.5 Å². The van der Waals surface area contributed by atoms with Crippen LogP contribution < -0.4 is 0 Å². The van der Waals surface area contributed by atoms with Gasteiger partial charge in [-0.25, -0.2) is 0 Å². The van der Waals surface area contributed by atoms with E-state index in [4.69, 9.17) is 39.5 Å². The Kier molecular flexibility index (Phi) is 4.98. The van der Waals surface area contributed by atoms with Crippen LogP contribution in [0, 0.1) is 0 Å². The van der Waals surface area contributed by atoms with E-state index in [-0.39, 0.29) is 13.4 Å². The predicted octanol–water partition coefficient (Wildman–Crippen LogP) is 1.98. The summed E-state index contributed by atoms with van der Waals surface area (Å²) in [5, 5.41) is 0. The van der Waals surface area contributed by atoms with E-state index in [2.05, 4.69) is 4.74 Å². The standard InChI is InChI=1S/C4H7Cl3O2/c1-8-3-9-2-4(5,6)7/h2-3H2,1H3. The van der Waals surface area contributed by atoms with Gasteiger partial charge in [0.2, 0.25) is 3.79 Å². The van der Waals surface area contributed by atoms with Gasteiger partial charge in [0.05, 0.1) is 6.61 Å². The molecule has 56 valence electrons. The summed E-state index contributed by atoms with van der Waals surface area (Å²) in [6.07, 6.45) is 0. The Morgan fingerprint density at radius 2 is 1.89 bits per heavy atom. The highest BCUT2D eigenvalue weighted by molar-refractivity contribution is 6.67. The molecule has 0 bridgehead atoms. The SMILES string of the molecule is COCOCC(Cl)(Cl)Cl. The van der Waals surface area contributed by atoms with Crippen molar-refractivity contribution < 1.29 is 9.47 Å². The molecule has 0 saturated heterocycles. The van der Waals surface area contributed by atoms with Crippen LogP contribution in [0.5, 0.6) is 0 Å². The third-order valence-electron chi connectivity index (χ3n) is 0.467. The zero-order valence-corrected chi connectivity index (χ0v) is 7.13. The van der Waals surface area contributed by atoms with E-state index in [1.165, 1.54) is 7.11 Å². The van der Waals surface area contributed by atoms with Gasteiger partial charge in [0.1, 0.15) is 6.79 Å². The molecule has 0 N–H and O–H groups in total. The molecule has 0 heterocycles.